The van der Waals surface area contributed by atoms with Gasteiger partial charge in [0, 0.05) is 20.2 Å². The lowest BCUT2D eigenvalue weighted by Gasteiger charge is -2.20. The minimum atomic E-state index is -2.41. The first-order valence-electron chi connectivity index (χ1n) is 4.72. The van der Waals surface area contributed by atoms with Gasteiger partial charge in [-0.1, -0.05) is 5.16 Å². The fourth-order valence-corrected chi connectivity index (χ4v) is 1.19. The van der Waals surface area contributed by atoms with Crippen LogP contribution in [0.4, 0.5) is 8.78 Å². The van der Waals surface area contributed by atoms with E-state index >= 15 is 0 Å². The fourth-order valence-electron chi connectivity index (χ4n) is 1.19. The SMILES string of the molecule is CN=C(NCC(F)F)N(C)Cc1ccon1.I. The van der Waals surface area contributed by atoms with Crippen molar-refractivity contribution in [2.24, 2.45) is 4.99 Å². The van der Waals surface area contributed by atoms with Crippen molar-refractivity contribution in [2.75, 3.05) is 20.6 Å². The average Bonchev–Trinajstić information content (AvgIpc) is 2.71. The lowest BCUT2D eigenvalue weighted by molar-refractivity contribution is 0.151. The van der Waals surface area contributed by atoms with Crippen molar-refractivity contribution >= 4 is 29.9 Å². The number of alkyl halides is 2. The van der Waals surface area contributed by atoms with Gasteiger partial charge in [-0.05, 0) is 0 Å². The number of aliphatic imine (C=N–C) groups is 1. The van der Waals surface area contributed by atoms with Crippen LogP contribution in [0, 0.1) is 0 Å². The van der Waals surface area contributed by atoms with Crippen LogP contribution in [0.25, 0.3) is 0 Å². The maximum atomic E-state index is 12.0. The molecule has 0 aliphatic carbocycles. The highest BCUT2D eigenvalue weighted by Crippen LogP contribution is 2.00. The van der Waals surface area contributed by atoms with Crippen molar-refractivity contribution in [3.05, 3.63) is 18.0 Å². The zero-order valence-corrected chi connectivity index (χ0v) is 11.9. The Bertz CT molecular complexity index is 332. The van der Waals surface area contributed by atoms with Gasteiger partial charge in [-0.25, -0.2) is 8.78 Å². The number of guanidine groups is 1. The maximum absolute atomic E-state index is 12.0. The van der Waals surface area contributed by atoms with Crippen LogP contribution in [0.2, 0.25) is 0 Å². The predicted molar refractivity (Wildman–Crippen MR) is 70.8 cm³/mol. The topological polar surface area (TPSA) is 53.7 Å². The van der Waals surface area contributed by atoms with Gasteiger partial charge in [0.1, 0.15) is 12.0 Å². The first kappa shape index (κ1) is 16.1. The van der Waals surface area contributed by atoms with E-state index in [0.717, 1.165) is 0 Å². The van der Waals surface area contributed by atoms with Crippen LogP contribution < -0.4 is 5.32 Å². The minimum Gasteiger partial charge on any atom is -0.364 e. The molecule has 98 valence electrons. The monoisotopic (exact) mass is 360 g/mol. The van der Waals surface area contributed by atoms with Crippen molar-refractivity contribution < 1.29 is 13.3 Å². The number of nitrogens with zero attached hydrogens (tertiary/aromatic N) is 3. The van der Waals surface area contributed by atoms with E-state index in [1.807, 2.05) is 0 Å². The summed E-state index contributed by atoms with van der Waals surface area (Å²) in [5.41, 5.74) is 0.711. The third-order valence-corrected chi connectivity index (χ3v) is 1.88. The Balaban J connectivity index is 0.00000256. The second-order valence-corrected chi connectivity index (χ2v) is 3.17. The predicted octanol–water partition coefficient (Wildman–Crippen LogP) is 1.56. The molecule has 8 heteroatoms. The summed E-state index contributed by atoms with van der Waals surface area (Å²) in [5.74, 6) is 0.392. The molecular formula is C9H15F2IN4O. The van der Waals surface area contributed by atoms with Crippen LogP contribution in [0.3, 0.4) is 0 Å². The largest absolute Gasteiger partial charge is 0.364 e. The van der Waals surface area contributed by atoms with Gasteiger partial charge in [-0.15, -0.1) is 24.0 Å². The molecule has 1 aromatic rings. The summed E-state index contributed by atoms with van der Waals surface area (Å²) in [6, 6.07) is 1.71. The normalized spacial score (nSPS) is 11.2. The van der Waals surface area contributed by atoms with Crippen LogP contribution in [0.5, 0.6) is 0 Å². The number of aromatic nitrogens is 1. The lowest BCUT2D eigenvalue weighted by atomic mass is 10.4. The van der Waals surface area contributed by atoms with Crippen LogP contribution in [0.15, 0.2) is 21.8 Å². The second kappa shape index (κ2) is 8.20. The Labute approximate surface area is 115 Å². The van der Waals surface area contributed by atoms with E-state index < -0.39 is 13.0 Å². The van der Waals surface area contributed by atoms with Crippen molar-refractivity contribution in [1.82, 2.24) is 15.4 Å². The molecule has 0 amide bonds. The van der Waals surface area contributed by atoms with Gasteiger partial charge in [-0.3, -0.25) is 4.99 Å². The van der Waals surface area contributed by atoms with E-state index in [4.69, 9.17) is 0 Å². The van der Waals surface area contributed by atoms with Gasteiger partial charge in [0.05, 0.1) is 13.1 Å². The van der Waals surface area contributed by atoms with Crippen molar-refractivity contribution in [3.63, 3.8) is 0 Å². The molecule has 0 saturated carbocycles. The van der Waals surface area contributed by atoms with E-state index in [0.29, 0.717) is 18.2 Å². The lowest BCUT2D eigenvalue weighted by Crippen LogP contribution is -2.40. The first-order chi connectivity index (χ1) is 7.63. The molecule has 0 atom stereocenters. The fraction of sp³-hybridized carbons (Fsp3) is 0.556. The number of rotatable bonds is 4. The summed E-state index contributed by atoms with van der Waals surface area (Å²) in [4.78, 5) is 5.56. The average molecular weight is 360 g/mol. The molecule has 0 aliphatic heterocycles. The molecule has 5 nitrogen and oxygen atoms in total. The number of halogens is 3. The highest BCUT2D eigenvalue weighted by atomic mass is 127. The number of hydrogen-bond acceptors (Lipinski definition) is 3. The summed E-state index contributed by atoms with van der Waals surface area (Å²) < 4.78 is 28.7. The molecular weight excluding hydrogens is 345 g/mol. The Morgan fingerprint density at radius 3 is 2.82 bits per heavy atom. The maximum Gasteiger partial charge on any atom is 0.255 e. The zero-order chi connectivity index (χ0) is 12.0. The molecule has 1 aromatic heterocycles. The Morgan fingerprint density at radius 1 is 1.65 bits per heavy atom. The molecule has 0 unspecified atom stereocenters. The van der Waals surface area contributed by atoms with E-state index in [2.05, 4.69) is 20.0 Å². The van der Waals surface area contributed by atoms with Crippen LogP contribution in [0.1, 0.15) is 5.69 Å². The Morgan fingerprint density at radius 2 is 2.35 bits per heavy atom. The highest BCUT2D eigenvalue weighted by molar-refractivity contribution is 14.0. The van der Waals surface area contributed by atoms with Crippen molar-refractivity contribution in [1.29, 1.82) is 0 Å². The molecule has 1 heterocycles. The smallest absolute Gasteiger partial charge is 0.255 e. The zero-order valence-electron chi connectivity index (χ0n) is 9.56. The summed E-state index contributed by atoms with van der Waals surface area (Å²) in [5, 5.41) is 6.27. The number of hydrogen-bond donors (Lipinski definition) is 1. The summed E-state index contributed by atoms with van der Waals surface area (Å²) in [6.45, 7) is 0.0231. The minimum absolute atomic E-state index is 0. The van der Waals surface area contributed by atoms with Gasteiger partial charge >= 0.3 is 0 Å². The van der Waals surface area contributed by atoms with Gasteiger partial charge in [0.15, 0.2) is 5.96 Å². The van der Waals surface area contributed by atoms with E-state index in [1.54, 1.807) is 18.0 Å². The van der Waals surface area contributed by atoms with E-state index in [9.17, 15) is 8.78 Å². The molecule has 0 saturated heterocycles. The highest BCUT2D eigenvalue weighted by Gasteiger charge is 2.10. The van der Waals surface area contributed by atoms with Crippen LogP contribution >= 0.6 is 24.0 Å². The van der Waals surface area contributed by atoms with Gasteiger partial charge in [0.2, 0.25) is 0 Å². The molecule has 0 bridgehead atoms. The quantitative estimate of drug-likeness (QED) is 0.503. The standard InChI is InChI=1S/C9H14F2N4O.HI/c1-12-9(13-5-8(10)11)15(2)6-7-3-4-16-14-7;/h3-4,8H,5-6H2,1-2H3,(H,12,13);1H. The van der Waals surface area contributed by atoms with Gasteiger partial charge < -0.3 is 14.7 Å². The molecule has 1 N–H and O–H groups in total. The van der Waals surface area contributed by atoms with Crippen LogP contribution in [-0.2, 0) is 6.54 Å². The molecule has 0 aliphatic rings. The molecule has 1 rings (SSSR count). The molecule has 17 heavy (non-hydrogen) atoms. The molecule has 0 fully saturated rings. The summed E-state index contributed by atoms with van der Waals surface area (Å²) >= 11 is 0. The van der Waals surface area contributed by atoms with Gasteiger partial charge in [-0.2, -0.15) is 0 Å². The Hall–Kier alpha value is -0.930. The first-order valence-corrected chi connectivity index (χ1v) is 4.72. The molecule has 0 aromatic carbocycles. The second-order valence-electron chi connectivity index (χ2n) is 3.17. The van der Waals surface area contributed by atoms with E-state index in [-0.39, 0.29) is 24.0 Å². The molecule has 0 radical (unpaired) electrons. The third-order valence-electron chi connectivity index (χ3n) is 1.88. The third kappa shape index (κ3) is 5.80. The van der Waals surface area contributed by atoms with Crippen molar-refractivity contribution in [3.8, 4) is 0 Å². The number of nitrogens with one attached hydrogen (secondary N) is 1. The Kier molecular flexibility index (Phi) is 7.75. The van der Waals surface area contributed by atoms with Crippen molar-refractivity contribution in [2.45, 2.75) is 13.0 Å². The molecule has 0 spiro atoms. The van der Waals surface area contributed by atoms with Gasteiger partial charge in [0.25, 0.3) is 6.43 Å². The van der Waals surface area contributed by atoms with E-state index in [1.165, 1.54) is 13.3 Å². The summed E-state index contributed by atoms with van der Waals surface area (Å²) in [7, 11) is 3.27. The summed E-state index contributed by atoms with van der Waals surface area (Å²) in [6.07, 6.45) is -0.949. The van der Waals surface area contributed by atoms with Crippen LogP contribution in [-0.4, -0.2) is 43.1 Å².